The molecule has 4 aromatic rings. The van der Waals surface area contributed by atoms with Crippen LogP contribution in [-0.4, -0.2) is 21.2 Å². The molecule has 5 nitrogen and oxygen atoms in total. The quantitative estimate of drug-likeness (QED) is 0.257. The summed E-state index contributed by atoms with van der Waals surface area (Å²) in [5, 5.41) is 1.28. The number of amides is 1. The number of nitrogens with zero attached hydrogens (tertiary/aromatic N) is 2. The standard InChI is InChI=1S/C23H21N3O2S2/c1-15-19(16-9-4-2-5-10-16)20-21(30-15)25-23(29-14-8-13-18(24)27)26(22(20)28)17-11-6-3-7-12-17/h2-7,9-12H,8,13-14H2,1H3,(H2,24,27). The van der Waals surface area contributed by atoms with E-state index in [1.54, 1.807) is 4.57 Å². The summed E-state index contributed by atoms with van der Waals surface area (Å²) in [5.41, 5.74) is 7.91. The van der Waals surface area contributed by atoms with Crippen LogP contribution < -0.4 is 11.3 Å². The van der Waals surface area contributed by atoms with Crippen molar-refractivity contribution < 1.29 is 4.79 Å². The summed E-state index contributed by atoms with van der Waals surface area (Å²) in [4.78, 5) is 31.5. The van der Waals surface area contributed by atoms with Gasteiger partial charge in [0.15, 0.2) is 5.16 Å². The first-order valence-electron chi connectivity index (χ1n) is 9.64. The van der Waals surface area contributed by atoms with Crippen molar-refractivity contribution in [2.75, 3.05) is 5.75 Å². The number of nitrogens with two attached hydrogens (primary N) is 1. The van der Waals surface area contributed by atoms with E-state index in [9.17, 15) is 9.59 Å². The Labute approximate surface area is 182 Å². The van der Waals surface area contributed by atoms with Gasteiger partial charge in [0.2, 0.25) is 5.91 Å². The molecule has 2 N–H and O–H groups in total. The minimum absolute atomic E-state index is 0.0770. The monoisotopic (exact) mass is 435 g/mol. The van der Waals surface area contributed by atoms with Gasteiger partial charge < -0.3 is 5.73 Å². The molecular weight excluding hydrogens is 414 g/mol. The fourth-order valence-corrected chi connectivity index (χ4v) is 5.44. The third-order valence-corrected chi connectivity index (χ3v) is 6.77. The van der Waals surface area contributed by atoms with Crippen LogP contribution in [-0.2, 0) is 4.79 Å². The van der Waals surface area contributed by atoms with Crippen LogP contribution in [0.25, 0.3) is 27.0 Å². The Hall–Kier alpha value is -2.90. The number of thiophene rings is 1. The van der Waals surface area contributed by atoms with E-state index in [1.807, 2.05) is 67.6 Å². The number of fused-ring (bicyclic) bond motifs is 1. The zero-order valence-electron chi connectivity index (χ0n) is 16.5. The number of benzene rings is 2. The van der Waals surface area contributed by atoms with Gasteiger partial charge in [-0.1, -0.05) is 60.3 Å². The molecule has 0 bridgehead atoms. The number of primary amides is 1. The Morgan fingerprint density at radius 1 is 1.10 bits per heavy atom. The molecule has 0 aliphatic heterocycles. The number of hydrogen-bond acceptors (Lipinski definition) is 5. The number of aryl methyl sites for hydroxylation is 1. The van der Waals surface area contributed by atoms with Crippen molar-refractivity contribution in [2.24, 2.45) is 5.73 Å². The van der Waals surface area contributed by atoms with Gasteiger partial charge in [-0.2, -0.15) is 0 Å². The van der Waals surface area contributed by atoms with Crippen LogP contribution in [0.15, 0.2) is 70.6 Å². The molecule has 2 heterocycles. The second-order valence-electron chi connectivity index (χ2n) is 6.87. The van der Waals surface area contributed by atoms with Gasteiger partial charge in [-0.25, -0.2) is 4.98 Å². The van der Waals surface area contributed by atoms with Crippen molar-refractivity contribution in [3.8, 4) is 16.8 Å². The molecule has 30 heavy (non-hydrogen) atoms. The fourth-order valence-electron chi connectivity index (χ4n) is 3.41. The molecule has 0 fully saturated rings. The number of aromatic nitrogens is 2. The third-order valence-electron chi connectivity index (χ3n) is 4.75. The van der Waals surface area contributed by atoms with E-state index in [4.69, 9.17) is 10.7 Å². The normalized spacial score (nSPS) is 11.1. The molecule has 152 valence electrons. The second-order valence-corrected chi connectivity index (χ2v) is 9.13. The average Bonchev–Trinajstić information content (AvgIpc) is 3.08. The molecule has 0 aliphatic carbocycles. The number of rotatable bonds is 7. The molecule has 0 saturated carbocycles. The van der Waals surface area contributed by atoms with Gasteiger partial charge in [0.1, 0.15) is 4.83 Å². The highest BCUT2D eigenvalue weighted by atomic mass is 32.2. The maximum atomic E-state index is 13.7. The van der Waals surface area contributed by atoms with Crippen molar-refractivity contribution >= 4 is 39.2 Å². The second kappa shape index (κ2) is 8.85. The van der Waals surface area contributed by atoms with Crippen LogP contribution >= 0.6 is 23.1 Å². The van der Waals surface area contributed by atoms with Gasteiger partial charge in [0, 0.05) is 22.6 Å². The van der Waals surface area contributed by atoms with Crippen molar-refractivity contribution in [1.29, 1.82) is 0 Å². The molecule has 7 heteroatoms. The van der Waals surface area contributed by atoms with Gasteiger partial charge in [-0.15, -0.1) is 11.3 Å². The summed E-state index contributed by atoms with van der Waals surface area (Å²) in [6.45, 7) is 2.03. The van der Waals surface area contributed by atoms with E-state index in [-0.39, 0.29) is 11.5 Å². The maximum Gasteiger partial charge on any atom is 0.268 e. The van der Waals surface area contributed by atoms with E-state index in [0.717, 1.165) is 26.5 Å². The Morgan fingerprint density at radius 2 is 1.77 bits per heavy atom. The molecule has 0 radical (unpaired) electrons. The summed E-state index contributed by atoms with van der Waals surface area (Å²) >= 11 is 3.01. The molecule has 0 atom stereocenters. The summed E-state index contributed by atoms with van der Waals surface area (Å²) < 4.78 is 1.68. The van der Waals surface area contributed by atoms with Gasteiger partial charge >= 0.3 is 0 Å². The highest BCUT2D eigenvalue weighted by Crippen LogP contribution is 2.37. The Balaban J connectivity index is 1.89. The fraction of sp³-hybridized carbons (Fsp3) is 0.174. The first kappa shape index (κ1) is 20.4. The molecule has 0 unspecified atom stereocenters. The lowest BCUT2D eigenvalue weighted by Crippen LogP contribution is -2.21. The van der Waals surface area contributed by atoms with Crippen molar-refractivity contribution in [1.82, 2.24) is 9.55 Å². The zero-order chi connectivity index (χ0) is 21.1. The number of carbonyl (C=O) groups excluding carboxylic acids is 1. The number of hydrogen-bond donors (Lipinski definition) is 1. The zero-order valence-corrected chi connectivity index (χ0v) is 18.1. The minimum atomic E-state index is -0.319. The van der Waals surface area contributed by atoms with Crippen molar-refractivity contribution in [3.05, 3.63) is 75.9 Å². The highest BCUT2D eigenvalue weighted by Gasteiger charge is 2.20. The molecule has 0 saturated heterocycles. The van der Waals surface area contributed by atoms with Gasteiger partial charge in [0.05, 0.1) is 11.1 Å². The SMILES string of the molecule is Cc1sc2nc(SCCCC(N)=O)n(-c3ccccc3)c(=O)c2c1-c1ccccc1. The summed E-state index contributed by atoms with van der Waals surface area (Å²) in [6, 6.07) is 19.5. The third kappa shape index (κ3) is 4.04. The van der Waals surface area contributed by atoms with E-state index in [0.29, 0.717) is 29.1 Å². The van der Waals surface area contributed by atoms with E-state index in [2.05, 4.69) is 0 Å². The lowest BCUT2D eigenvalue weighted by atomic mass is 10.0. The minimum Gasteiger partial charge on any atom is -0.370 e. The van der Waals surface area contributed by atoms with E-state index in [1.165, 1.54) is 23.1 Å². The number of para-hydroxylation sites is 1. The average molecular weight is 436 g/mol. The molecule has 1 amide bonds. The first-order valence-corrected chi connectivity index (χ1v) is 11.4. The molecule has 2 aromatic carbocycles. The topological polar surface area (TPSA) is 78.0 Å². The molecule has 4 rings (SSSR count). The summed E-state index contributed by atoms with van der Waals surface area (Å²) in [6.07, 6.45) is 0.961. The van der Waals surface area contributed by atoms with Crippen LogP contribution in [0.5, 0.6) is 0 Å². The maximum absolute atomic E-state index is 13.7. The lowest BCUT2D eigenvalue weighted by molar-refractivity contribution is -0.118. The van der Waals surface area contributed by atoms with Crippen LogP contribution in [0.1, 0.15) is 17.7 Å². The predicted octanol–water partition coefficient (Wildman–Crippen LogP) is 4.78. The van der Waals surface area contributed by atoms with Crippen molar-refractivity contribution in [2.45, 2.75) is 24.9 Å². The Bertz CT molecular complexity index is 1250. The van der Waals surface area contributed by atoms with Gasteiger partial charge in [-0.05, 0) is 31.0 Å². The number of carbonyl (C=O) groups is 1. The van der Waals surface area contributed by atoms with Gasteiger partial charge in [0.25, 0.3) is 5.56 Å². The first-order chi connectivity index (χ1) is 14.6. The lowest BCUT2D eigenvalue weighted by Gasteiger charge is -2.12. The van der Waals surface area contributed by atoms with Crippen LogP contribution in [0.4, 0.5) is 0 Å². The predicted molar refractivity (Wildman–Crippen MR) is 125 cm³/mol. The van der Waals surface area contributed by atoms with Crippen LogP contribution in [0.3, 0.4) is 0 Å². The van der Waals surface area contributed by atoms with Gasteiger partial charge in [-0.3, -0.25) is 14.2 Å². The molecule has 0 aliphatic rings. The smallest absolute Gasteiger partial charge is 0.268 e. The van der Waals surface area contributed by atoms with Crippen LogP contribution in [0.2, 0.25) is 0 Å². The summed E-state index contributed by atoms with van der Waals surface area (Å²) in [5.74, 6) is 0.338. The highest BCUT2D eigenvalue weighted by molar-refractivity contribution is 7.99. The summed E-state index contributed by atoms with van der Waals surface area (Å²) in [7, 11) is 0. The molecule has 2 aromatic heterocycles. The van der Waals surface area contributed by atoms with Crippen LogP contribution in [0, 0.1) is 6.92 Å². The largest absolute Gasteiger partial charge is 0.370 e. The van der Waals surface area contributed by atoms with E-state index < -0.39 is 0 Å². The van der Waals surface area contributed by atoms with E-state index >= 15 is 0 Å². The molecule has 0 spiro atoms. The Morgan fingerprint density at radius 3 is 2.43 bits per heavy atom. The number of thioether (sulfide) groups is 1. The van der Waals surface area contributed by atoms with Crippen molar-refractivity contribution in [3.63, 3.8) is 0 Å². The Kier molecular flexibility index (Phi) is 6.01. The molecular formula is C23H21N3O2S2.